The summed E-state index contributed by atoms with van der Waals surface area (Å²) in [7, 11) is 2.04. The Labute approximate surface area is 243 Å². The molecule has 0 N–H and O–H groups in total. The molecular formula is C36H41N5+2. The minimum absolute atomic E-state index is 0.0490. The molecule has 5 aromatic rings. The predicted molar refractivity (Wildman–Crippen MR) is 166 cm³/mol. The van der Waals surface area contributed by atoms with Gasteiger partial charge in [-0.2, -0.15) is 9.67 Å². The lowest BCUT2D eigenvalue weighted by atomic mass is 9.58. The molecule has 208 valence electrons. The van der Waals surface area contributed by atoms with Crippen LogP contribution in [-0.4, -0.2) is 14.8 Å². The fourth-order valence-electron chi connectivity index (χ4n) is 7.18. The third-order valence-electron chi connectivity index (χ3n) is 9.57. The zero-order chi connectivity index (χ0) is 29.2. The first-order valence-corrected chi connectivity index (χ1v) is 14.7. The molecule has 0 saturated heterocycles. The van der Waals surface area contributed by atoms with Gasteiger partial charge >= 0.3 is 0 Å². The monoisotopic (exact) mass is 543 g/mol. The Hall–Kier alpha value is -4.12. The highest BCUT2D eigenvalue weighted by Gasteiger charge is 2.62. The van der Waals surface area contributed by atoms with E-state index in [-0.39, 0.29) is 10.8 Å². The van der Waals surface area contributed by atoms with Crippen LogP contribution < -0.4 is 9.13 Å². The largest absolute Gasteiger partial charge is 0.288 e. The highest BCUT2D eigenvalue weighted by Crippen LogP contribution is 2.53. The van der Waals surface area contributed by atoms with Crippen LogP contribution in [-0.2, 0) is 23.4 Å². The second-order valence-electron chi connectivity index (χ2n) is 12.6. The van der Waals surface area contributed by atoms with Crippen LogP contribution in [0.5, 0.6) is 0 Å². The summed E-state index contributed by atoms with van der Waals surface area (Å²) in [6.07, 6.45) is 6.01. The minimum atomic E-state index is -0.491. The summed E-state index contributed by atoms with van der Waals surface area (Å²) in [4.78, 5) is 5.01. The van der Waals surface area contributed by atoms with E-state index in [2.05, 4.69) is 136 Å². The number of pyridine rings is 1. The quantitative estimate of drug-likeness (QED) is 0.221. The number of benzene rings is 2. The molecule has 3 aromatic heterocycles. The number of allylic oxidation sites excluding steroid dienone is 1. The van der Waals surface area contributed by atoms with Gasteiger partial charge in [0.05, 0.1) is 11.1 Å². The lowest BCUT2D eigenvalue weighted by Gasteiger charge is -2.49. The van der Waals surface area contributed by atoms with E-state index in [1.165, 1.54) is 16.8 Å². The first kappa shape index (κ1) is 27.1. The zero-order valence-electron chi connectivity index (χ0n) is 25.4. The Balaban J connectivity index is 1.68. The summed E-state index contributed by atoms with van der Waals surface area (Å²) in [5.74, 6) is 0. The SMILES string of the molecule is C=C([n+]1ccccc1-c1cc(C(C)(C)C)nn1C)C1(CC)[n+]2cnc3ccccc3c2-c2ccccc2C1(C)CC. The molecule has 5 nitrogen and oxygen atoms in total. The van der Waals surface area contributed by atoms with Crippen LogP contribution in [0, 0.1) is 0 Å². The minimum Gasteiger partial charge on any atom is -0.262 e. The fraction of sp³-hybridized carbons (Fsp3) is 0.333. The third kappa shape index (κ3) is 3.74. The summed E-state index contributed by atoms with van der Waals surface area (Å²) < 4.78 is 6.74. The van der Waals surface area contributed by atoms with E-state index in [4.69, 9.17) is 16.7 Å². The molecule has 2 unspecified atom stereocenters. The topological polar surface area (TPSA) is 38.5 Å². The van der Waals surface area contributed by atoms with E-state index in [1.807, 2.05) is 11.7 Å². The van der Waals surface area contributed by atoms with Crippen molar-refractivity contribution >= 4 is 16.6 Å². The Morgan fingerprint density at radius 3 is 2.37 bits per heavy atom. The number of nitrogens with zero attached hydrogens (tertiary/aromatic N) is 5. The molecule has 5 heteroatoms. The van der Waals surface area contributed by atoms with Crippen molar-refractivity contribution in [3.63, 3.8) is 0 Å². The standard InChI is InChI=1S/C36H41N5/c1-9-35(7)28-19-13-11-17-26(28)33-27-18-12-14-20-29(27)37-24-41(33)36(35,10-2)25(3)40-22-16-15-21-30(40)31-23-32(34(4,5)6)38-39(31)8/h11-24H,3,9-10H2,1-2,4-8H3/q+2. The second kappa shape index (κ2) is 9.47. The van der Waals surface area contributed by atoms with Gasteiger partial charge in [0.15, 0.2) is 11.7 Å². The first-order valence-electron chi connectivity index (χ1n) is 14.7. The average Bonchev–Trinajstić information content (AvgIpc) is 3.39. The van der Waals surface area contributed by atoms with Gasteiger partial charge in [-0.05, 0) is 54.2 Å². The van der Waals surface area contributed by atoms with Gasteiger partial charge in [-0.1, -0.05) is 77.9 Å². The number of rotatable bonds is 5. The number of para-hydroxylation sites is 1. The molecular weight excluding hydrogens is 502 g/mol. The van der Waals surface area contributed by atoms with Crippen molar-refractivity contribution in [3.05, 3.63) is 103 Å². The summed E-state index contributed by atoms with van der Waals surface area (Å²) in [5, 5.41) is 6.07. The molecule has 0 fully saturated rings. The number of aromatic nitrogens is 5. The van der Waals surface area contributed by atoms with Crippen LogP contribution in [0.3, 0.4) is 0 Å². The lowest BCUT2D eigenvalue weighted by molar-refractivity contribution is -0.775. The molecule has 0 spiro atoms. The highest BCUT2D eigenvalue weighted by atomic mass is 15.3. The number of hydrogen-bond donors (Lipinski definition) is 0. The molecule has 1 aliphatic heterocycles. The van der Waals surface area contributed by atoms with E-state index < -0.39 is 5.54 Å². The van der Waals surface area contributed by atoms with Gasteiger partial charge in [-0.15, -0.1) is 0 Å². The molecule has 2 atom stereocenters. The molecule has 0 aliphatic carbocycles. The molecule has 1 aliphatic rings. The molecule has 41 heavy (non-hydrogen) atoms. The van der Waals surface area contributed by atoms with Crippen molar-refractivity contribution in [2.24, 2.45) is 7.05 Å². The molecule has 4 heterocycles. The van der Waals surface area contributed by atoms with Crippen molar-refractivity contribution in [2.45, 2.75) is 70.8 Å². The van der Waals surface area contributed by atoms with Crippen LogP contribution in [0.2, 0.25) is 0 Å². The molecule has 0 saturated carbocycles. The highest BCUT2D eigenvalue weighted by molar-refractivity contribution is 5.92. The maximum atomic E-state index is 5.01. The van der Waals surface area contributed by atoms with Gasteiger partial charge in [-0.3, -0.25) is 4.68 Å². The fourth-order valence-corrected chi connectivity index (χ4v) is 7.18. The van der Waals surface area contributed by atoms with Crippen LogP contribution in [0.1, 0.15) is 65.6 Å². The van der Waals surface area contributed by atoms with Crippen LogP contribution in [0.25, 0.3) is 39.2 Å². The number of aryl methyl sites for hydroxylation is 1. The molecule has 0 bridgehead atoms. The molecule has 6 rings (SSSR count). The van der Waals surface area contributed by atoms with Crippen molar-refractivity contribution in [1.82, 2.24) is 14.8 Å². The van der Waals surface area contributed by atoms with E-state index in [0.717, 1.165) is 46.5 Å². The third-order valence-corrected chi connectivity index (χ3v) is 9.57. The van der Waals surface area contributed by atoms with E-state index >= 15 is 0 Å². The van der Waals surface area contributed by atoms with Crippen molar-refractivity contribution in [3.8, 4) is 22.6 Å². The Bertz CT molecular complexity index is 1810. The van der Waals surface area contributed by atoms with Crippen molar-refractivity contribution in [1.29, 1.82) is 0 Å². The van der Waals surface area contributed by atoms with Crippen molar-refractivity contribution < 1.29 is 9.13 Å². The average molecular weight is 544 g/mol. The Morgan fingerprint density at radius 1 is 0.951 bits per heavy atom. The van der Waals surface area contributed by atoms with Gasteiger partial charge in [0.1, 0.15) is 11.4 Å². The summed E-state index contributed by atoms with van der Waals surface area (Å²) in [6.45, 7) is 18.6. The van der Waals surface area contributed by atoms with Gasteiger partial charge in [0.2, 0.25) is 16.9 Å². The van der Waals surface area contributed by atoms with Crippen molar-refractivity contribution in [2.75, 3.05) is 0 Å². The molecule has 0 radical (unpaired) electrons. The number of hydrogen-bond acceptors (Lipinski definition) is 2. The van der Waals surface area contributed by atoms with Gasteiger partial charge < -0.3 is 0 Å². The summed E-state index contributed by atoms with van der Waals surface area (Å²) in [6, 6.07) is 26.0. The van der Waals surface area contributed by atoms with Gasteiger partial charge in [-0.25, -0.2) is 4.57 Å². The van der Waals surface area contributed by atoms with Gasteiger partial charge in [0, 0.05) is 35.6 Å². The second-order valence-corrected chi connectivity index (χ2v) is 12.6. The normalized spacial score (nSPS) is 20.1. The first-order chi connectivity index (χ1) is 19.6. The zero-order valence-corrected chi connectivity index (χ0v) is 25.4. The summed E-state index contributed by atoms with van der Waals surface area (Å²) >= 11 is 0. The lowest BCUT2D eigenvalue weighted by Crippen LogP contribution is -2.72. The maximum Gasteiger partial charge on any atom is 0.288 e. The predicted octanol–water partition coefficient (Wildman–Crippen LogP) is 7.13. The number of fused-ring (bicyclic) bond motifs is 5. The Kier molecular flexibility index (Phi) is 6.25. The van der Waals surface area contributed by atoms with Crippen LogP contribution >= 0.6 is 0 Å². The van der Waals surface area contributed by atoms with Crippen LogP contribution in [0.4, 0.5) is 0 Å². The van der Waals surface area contributed by atoms with E-state index in [0.29, 0.717) is 0 Å². The maximum absolute atomic E-state index is 5.01. The van der Waals surface area contributed by atoms with E-state index in [1.54, 1.807) is 0 Å². The van der Waals surface area contributed by atoms with E-state index in [9.17, 15) is 0 Å². The molecule has 0 amide bonds. The van der Waals surface area contributed by atoms with Crippen LogP contribution in [0.15, 0.2) is 91.9 Å². The van der Waals surface area contributed by atoms with Gasteiger partial charge in [0.25, 0.3) is 6.33 Å². The summed E-state index contributed by atoms with van der Waals surface area (Å²) in [5.41, 5.74) is 8.28. The smallest absolute Gasteiger partial charge is 0.262 e. The molecule has 2 aromatic carbocycles. The Morgan fingerprint density at radius 2 is 1.66 bits per heavy atom.